The number of anilines is 2. The maximum Gasteiger partial charge on any atom is 0.272 e. The van der Waals surface area contributed by atoms with E-state index in [1.165, 1.54) is 13.4 Å². The summed E-state index contributed by atoms with van der Waals surface area (Å²) in [7, 11) is 3.39. The first-order chi connectivity index (χ1) is 19.8. The SMILES string of the molecule is COc1cc(-c2nn(C3CCN(CC(F)F)CC3)c3ncnc(N)c23)ccc1NC(=O)c1cc2ccccc2n1C. The third-order valence-corrected chi connectivity index (χ3v) is 7.72. The van der Waals surface area contributed by atoms with Crippen molar-refractivity contribution in [3.8, 4) is 17.0 Å². The lowest BCUT2D eigenvalue weighted by atomic mass is 10.1. The summed E-state index contributed by atoms with van der Waals surface area (Å²) in [6, 6.07) is 15.0. The number of nitrogens with two attached hydrogens (primary N) is 1. The van der Waals surface area contributed by atoms with Gasteiger partial charge in [-0.25, -0.2) is 23.4 Å². The molecular formula is C29H30F2N8O2. The molecule has 12 heteroatoms. The fourth-order valence-corrected chi connectivity index (χ4v) is 5.63. The van der Waals surface area contributed by atoms with Gasteiger partial charge < -0.3 is 20.4 Å². The summed E-state index contributed by atoms with van der Waals surface area (Å²) in [5.74, 6) is 0.479. The summed E-state index contributed by atoms with van der Waals surface area (Å²) in [5, 5.41) is 9.45. The standard InChI is InChI=1S/C29H30F2N8O2/c1-37-21-6-4-3-5-17(21)13-22(37)29(40)35-20-8-7-18(14-23(20)41-2)26-25-27(32)33-16-34-28(25)39(36-26)19-9-11-38(12-10-19)15-24(30)31/h3-8,13-14,16,19,24H,9-12,15H2,1-2H3,(H,35,40)(H2,32,33,34). The monoisotopic (exact) mass is 560 g/mol. The Hall–Kier alpha value is -4.58. The molecule has 41 heavy (non-hydrogen) atoms. The van der Waals surface area contributed by atoms with E-state index >= 15 is 0 Å². The molecule has 1 amide bonds. The van der Waals surface area contributed by atoms with Crippen LogP contribution in [0.15, 0.2) is 54.9 Å². The van der Waals surface area contributed by atoms with Crippen molar-refractivity contribution in [2.75, 3.05) is 37.8 Å². The van der Waals surface area contributed by atoms with Crippen LogP contribution in [-0.2, 0) is 7.05 Å². The van der Waals surface area contributed by atoms with Crippen molar-refractivity contribution < 1.29 is 18.3 Å². The summed E-state index contributed by atoms with van der Waals surface area (Å²) in [5.41, 5.74) is 10.2. The van der Waals surface area contributed by atoms with Crippen molar-refractivity contribution >= 4 is 39.3 Å². The van der Waals surface area contributed by atoms with Crippen LogP contribution in [0.3, 0.4) is 0 Å². The van der Waals surface area contributed by atoms with Crippen LogP contribution in [0.25, 0.3) is 33.2 Å². The molecule has 0 saturated carbocycles. The predicted octanol–water partition coefficient (Wildman–Crippen LogP) is 4.73. The smallest absolute Gasteiger partial charge is 0.272 e. The lowest BCUT2D eigenvalue weighted by Gasteiger charge is -2.31. The maximum atomic E-state index is 13.2. The molecule has 2 aromatic carbocycles. The van der Waals surface area contributed by atoms with Gasteiger partial charge in [0.15, 0.2) is 5.65 Å². The van der Waals surface area contributed by atoms with Crippen molar-refractivity contribution in [1.29, 1.82) is 0 Å². The van der Waals surface area contributed by atoms with Crippen LogP contribution in [-0.4, -0.2) is 68.3 Å². The lowest BCUT2D eigenvalue weighted by molar-refractivity contribution is 0.0694. The average Bonchev–Trinajstić information content (AvgIpc) is 3.53. The molecule has 3 aromatic heterocycles. The Kier molecular flexibility index (Phi) is 7.00. The molecule has 4 heterocycles. The van der Waals surface area contributed by atoms with Gasteiger partial charge in [0.05, 0.1) is 30.8 Å². The number of hydrogen-bond acceptors (Lipinski definition) is 7. The highest BCUT2D eigenvalue weighted by Crippen LogP contribution is 2.37. The summed E-state index contributed by atoms with van der Waals surface area (Å²) in [6.07, 6.45) is 0.369. The summed E-state index contributed by atoms with van der Waals surface area (Å²) in [4.78, 5) is 23.7. The molecule has 1 fully saturated rings. The third-order valence-electron chi connectivity index (χ3n) is 7.72. The number of alkyl halides is 2. The van der Waals surface area contributed by atoms with Gasteiger partial charge in [-0.2, -0.15) is 5.10 Å². The zero-order valence-electron chi connectivity index (χ0n) is 22.7. The van der Waals surface area contributed by atoms with Crippen molar-refractivity contribution in [2.24, 2.45) is 7.05 Å². The molecule has 0 aliphatic carbocycles. The van der Waals surface area contributed by atoms with Crippen molar-refractivity contribution in [3.05, 3.63) is 60.6 Å². The number of halogens is 2. The van der Waals surface area contributed by atoms with Gasteiger partial charge in [0.2, 0.25) is 0 Å². The topological polar surface area (TPSA) is 116 Å². The van der Waals surface area contributed by atoms with E-state index in [4.69, 9.17) is 15.6 Å². The minimum absolute atomic E-state index is 0.0178. The summed E-state index contributed by atoms with van der Waals surface area (Å²) < 4.78 is 35.1. The van der Waals surface area contributed by atoms with Crippen LogP contribution >= 0.6 is 0 Å². The molecule has 212 valence electrons. The normalized spacial score (nSPS) is 14.8. The Morgan fingerprint density at radius 3 is 2.66 bits per heavy atom. The minimum atomic E-state index is -2.36. The number of nitrogens with one attached hydrogen (secondary N) is 1. The number of benzene rings is 2. The number of aromatic nitrogens is 5. The zero-order chi connectivity index (χ0) is 28.7. The number of ether oxygens (including phenoxy) is 1. The van der Waals surface area contributed by atoms with Gasteiger partial charge in [-0.15, -0.1) is 0 Å². The first-order valence-electron chi connectivity index (χ1n) is 13.4. The van der Waals surface area contributed by atoms with Crippen LogP contribution < -0.4 is 15.8 Å². The van der Waals surface area contributed by atoms with Crippen molar-refractivity contribution in [1.82, 2.24) is 29.2 Å². The zero-order valence-corrected chi connectivity index (χ0v) is 22.7. The molecule has 1 saturated heterocycles. The Morgan fingerprint density at radius 2 is 1.93 bits per heavy atom. The highest BCUT2D eigenvalue weighted by Gasteiger charge is 2.27. The molecule has 10 nitrogen and oxygen atoms in total. The molecule has 1 aliphatic heterocycles. The van der Waals surface area contributed by atoms with Crippen molar-refractivity contribution in [3.63, 3.8) is 0 Å². The van der Waals surface area contributed by atoms with E-state index in [9.17, 15) is 13.6 Å². The van der Waals surface area contributed by atoms with Crippen LogP contribution in [0.2, 0.25) is 0 Å². The predicted molar refractivity (Wildman–Crippen MR) is 153 cm³/mol. The van der Waals surface area contributed by atoms with Crippen LogP contribution in [0.5, 0.6) is 5.75 Å². The van der Waals surface area contributed by atoms with Gasteiger partial charge in [0.1, 0.15) is 29.3 Å². The molecule has 1 aliphatic rings. The molecule has 0 bridgehead atoms. The van der Waals surface area contributed by atoms with Gasteiger partial charge in [0, 0.05) is 36.6 Å². The largest absolute Gasteiger partial charge is 0.495 e. The summed E-state index contributed by atoms with van der Waals surface area (Å²) in [6.45, 7) is 0.868. The number of amides is 1. The third kappa shape index (κ3) is 4.95. The van der Waals surface area contributed by atoms with Gasteiger partial charge in [-0.05, 0) is 37.1 Å². The molecule has 6 rings (SSSR count). The van der Waals surface area contributed by atoms with Crippen LogP contribution in [0.4, 0.5) is 20.3 Å². The van der Waals surface area contributed by atoms with Gasteiger partial charge >= 0.3 is 0 Å². The Bertz CT molecular complexity index is 1740. The molecule has 0 atom stereocenters. The van der Waals surface area contributed by atoms with Crippen LogP contribution in [0.1, 0.15) is 29.4 Å². The van der Waals surface area contributed by atoms with E-state index in [2.05, 4.69) is 15.3 Å². The summed E-state index contributed by atoms with van der Waals surface area (Å²) >= 11 is 0. The van der Waals surface area contributed by atoms with E-state index in [-0.39, 0.29) is 18.5 Å². The number of methoxy groups -OCH3 is 1. The first kappa shape index (κ1) is 26.6. The average molecular weight is 561 g/mol. The molecule has 3 N–H and O–H groups in total. The Labute approximate surface area is 234 Å². The quantitative estimate of drug-likeness (QED) is 0.296. The number of carbonyl (C=O) groups is 1. The van der Waals surface area contributed by atoms with Gasteiger partial charge in [-0.3, -0.25) is 9.69 Å². The van der Waals surface area contributed by atoms with Crippen LogP contribution in [0, 0.1) is 0 Å². The number of hydrogen-bond donors (Lipinski definition) is 2. The van der Waals surface area contributed by atoms with E-state index in [0.29, 0.717) is 71.2 Å². The van der Waals surface area contributed by atoms with E-state index in [1.807, 2.05) is 52.7 Å². The molecule has 0 radical (unpaired) electrons. The molecule has 0 unspecified atom stereocenters. The highest BCUT2D eigenvalue weighted by molar-refractivity contribution is 6.07. The maximum absolute atomic E-state index is 13.2. The molecular weight excluding hydrogens is 530 g/mol. The van der Waals surface area contributed by atoms with Gasteiger partial charge in [-0.1, -0.05) is 24.3 Å². The number of rotatable bonds is 7. The number of fused-ring (bicyclic) bond motifs is 2. The van der Waals surface area contributed by atoms with Gasteiger partial charge in [0.25, 0.3) is 12.3 Å². The van der Waals surface area contributed by atoms with Crippen molar-refractivity contribution in [2.45, 2.75) is 25.3 Å². The second kappa shape index (κ2) is 10.8. The number of nitrogen functional groups attached to an aromatic ring is 1. The number of aryl methyl sites for hydroxylation is 1. The fraction of sp³-hybridized carbons (Fsp3) is 0.310. The number of likely N-dealkylation sites (tertiary alicyclic amines) is 1. The molecule has 0 spiro atoms. The fourth-order valence-electron chi connectivity index (χ4n) is 5.63. The van der Waals surface area contributed by atoms with E-state index in [0.717, 1.165) is 10.9 Å². The van der Waals surface area contributed by atoms with E-state index in [1.54, 1.807) is 17.0 Å². The highest BCUT2D eigenvalue weighted by atomic mass is 19.3. The minimum Gasteiger partial charge on any atom is -0.495 e. The molecule has 5 aromatic rings. The number of para-hydroxylation sites is 1. The van der Waals surface area contributed by atoms with E-state index < -0.39 is 6.43 Å². The number of piperidine rings is 1. The second-order valence-corrected chi connectivity index (χ2v) is 10.2. The lowest BCUT2D eigenvalue weighted by Crippen LogP contribution is -2.37. The number of nitrogens with zero attached hydrogens (tertiary/aromatic N) is 6. The Morgan fingerprint density at radius 1 is 1.15 bits per heavy atom. The number of carbonyl (C=O) groups excluding carboxylic acids is 1. The first-order valence-corrected chi connectivity index (χ1v) is 13.4. The second-order valence-electron chi connectivity index (χ2n) is 10.2. The Balaban J connectivity index is 1.31.